The number of hydrazine groups is 1. The summed E-state index contributed by atoms with van der Waals surface area (Å²) in [7, 11) is 0. The van der Waals surface area contributed by atoms with Crippen molar-refractivity contribution < 1.29 is 24.2 Å². The number of nitrogens with zero attached hydrogens (tertiary/aromatic N) is 2. The number of carboxylic acid groups (broad SMARTS) is 1. The molecule has 1 aliphatic rings. The maximum Gasteiger partial charge on any atom is 0.434 e. The average molecular weight is 320 g/mol. The van der Waals surface area contributed by atoms with E-state index in [0.29, 0.717) is 5.69 Å². The summed E-state index contributed by atoms with van der Waals surface area (Å²) in [6, 6.07) is 7.31. The predicted octanol–water partition coefficient (Wildman–Crippen LogP) is 2.42. The van der Waals surface area contributed by atoms with E-state index >= 15 is 0 Å². The molecule has 2 rings (SSSR count). The highest BCUT2D eigenvalue weighted by Gasteiger charge is 2.43. The molecule has 0 bridgehead atoms. The van der Waals surface area contributed by atoms with Gasteiger partial charge in [-0.15, -0.1) is 0 Å². The standard InChI is InChI=1S/C16H20N2O5/c1-16(2,3)23-15(22)17(11-7-5-4-6-8-11)18-12(14(20)21)9-10-13(18)19/h4-8,12H,9-10H2,1-3H3,(H,20,21). The van der Waals surface area contributed by atoms with Crippen molar-refractivity contribution in [1.29, 1.82) is 0 Å². The molecule has 0 saturated carbocycles. The second-order valence-electron chi connectivity index (χ2n) is 6.26. The quantitative estimate of drug-likeness (QED) is 0.924. The molecule has 1 fully saturated rings. The molecule has 1 N–H and O–H groups in total. The highest BCUT2D eigenvalue weighted by atomic mass is 16.6. The second kappa shape index (κ2) is 6.28. The first kappa shape index (κ1) is 16.8. The van der Waals surface area contributed by atoms with E-state index in [4.69, 9.17) is 4.74 Å². The molecule has 1 saturated heterocycles. The normalized spacial score (nSPS) is 18.0. The Morgan fingerprint density at radius 2 is 1.87 bits per heavy atom. The Morgan fingerprint density at radius 1 is 1.26 bits per heavy atom. The van der Waals surface area contributed by atoms with Gasteiger partial charge in [-0.05, 0) is 39.3 Å². The summed E-state index contributed by atoms with van der Waals surface area (Å²) in [4.78, 5) is 36.2. The van der Waals surface area contributed by atoms with Crippen molar-refractivity contribution in [3.8, 4) is 0 Å². The van der Waals surface area contributed by atoms with Crippen molar-refractivity contribution in [2.45, 2.75) is 45.3 Å². The Kier molecular flexibility index (Phi) is 4.58. The first-order chi connectivity index (χ1) is 10.7. The van der Waals surface area contributed by atoms with E-state index in [9.17, 15) is 19.5 Å². The van der Waals surface area contributed by atoms with E-state index < -0.39 is 29.6 Å². The van der Waals surface area contributed by atoms with Crippen LogP contribution in [0.4, 0.5) is 10.5 Å². The van der Waals surface area contributed by atoms with Crippen LogP contribution in [0, 0.1) is 0 Å². The molecule has 7 heteroatoms. The third-order valence-electron chi connectivity index (χ3n) is 3.25. The minimum Gasteiger partial charge on any atom is -0.480 e. The van der Waals surface area contributed by atoms with Crippen LogP contribution in [0.25, 0.3) is 0 Å². The molecule has 2 amide bonds. The monoisotopic (exact) mass is 320 g/mol. The van der Waals surface area contributed by atoms with Gasteiger partial charge in [-0.2, -0.15) is 5.01 Å². The van der Waals surface area contributed by atoms with Crippen LogP contribution < -0.4 is 5.01 Å². The Hall–Kier alpha value is -2.57. The van der Waals surface area contributed by atoms with Crippen molar-refractivity contribution >= 4 is 23.7 Å². The van der Waals surface area contributed by atoms with Crippen LogP contribution in [0.3, 0.4) is 0 Å². The fourth-order valence-electron chi connectivity index (χ4n) is 2.34. The highest BCUT2D eigenvalue weighted by molar-refractivity contribution is 5.96. The summed E-state index contributed by atoms with van der Waals surface area (Å²) in [5.41, 5.74) is -0.394. The van der Waals surface area contributed by atoms with Gasteiger partial charge in [0.15, 0.2) is 6.04 Å². The van der Waals surface area contributed by atoms with Crippen molar-refractivity contribution in [3.63, 3.8) is 0 Å². The summed E-state index contributed by atoms with van der Waals surface area (Å²) < 4.78 is 5.34. The van der Waals surface area contributed by atoms with Gasteiger partial charge in [0, 0.05) is 6.42 Å². The van der Waals surface area contributed by atoms with Crippen molar-refractivity contribution in [3.05, 3.63) is 30.3 Å². The van der Waals surface area contributed by atoms with Gasteiger partial charge in [-0.25, -0.2) is 14.6 Å². The van der Waals surface area contributed by atoms with Gasteiger partial charge in [0.1, 0.15) is 5.60 Å². The molecule has 23 heavy (non-hydrogen) atoms. The van der Waals surface area contributed by atoms with Crippen molar-refractivity contribution in [1.82, 2.24) is 5.01 Å². The van der Waals surface area contributed by atoms with E-state index in [1.54, 1.807) is 51.1 Å². The zero-order valence-electron chi connectivity index (χ0n) is 13.4. The number of aliphatic carboxylic acids is 1. The number of amides is 2. The number of rotatable bonds is 3. The lowest BCUT2D eigenvalue weighted by Crippen LogP contribution is -2.54. The van der Waals surface area contributed by atoms with Gasteiger partial charge < -0.3 is 9.84 Å². The van der Waals surface area contributed by atoms with E-state index in [1.807, 2.05) is 0 Å². The van der Waals surface area contributed by atoms with Gasteiger partial charge in [0.25, 0.3) is 0 Å². The number of hydrogen-bond donors (Lipinski definition) is 1. The van der Waals surface area contributed by atoms with Gasteiger partial charge >= 0.3 is 12.1 Å². The molecule has 1 aromatic carbocycles. The predicted molar refractivity (Wildman–Crippen MR) is 82.7 cm³/mol. The van der Waals surface area contributed by atoms with Crippen LogP contribution in [0.1, 0.15) is 33.6 Å². The minimum absolute atomic E-state index is 0.0725. The number of hydrogen-bond acceptors (Lipinski definition) is 4. The summed E-state index contributed by atoms with van der Waals surface area (Å²) >= 11 is 0. The topological polar surface area (TPSA) is 87.2 Å². The largest absolute Gasteiger partial charge is 0.480 e. The van der Waals surface area contributed by atoms with Crippen LogP contribution in [0.5, 0.6) is 0 Å². The van der Waals surface area contributed by atoms with E-state index in [-0.39, 0.29) is 12.8 Å². The van der Waals surface area contributed by atoms with Gasteiger partial charge in [-0.1, -0.05) is 18.2 Å². The van der Waals surface area contributed by atoms with Crippen molar-refractivity contribution in [2.24, 2.45) is 0 Å². The molecule has 1 unspecified atom stereocenters. The van der Waals surface area contributed by atoms with Gasteiger partial charge in [-0.3, -0.25) is 4.79 Å². The number of carboxylic acids is 1. The third kappa shape index (κ3) is 3.80. The second-order valence-corrected chi connectivity index (χ2v) is 6.26. The zero-order valence-corrected chi connectivity index (χ0v) is 13.4. The van der Waals surface area contributed by atoms with Crippen LogP contribution in [-0.4, -0.2) is 39.7 Å². The number of carbonyl (C=O) groups is 3. The Labute approximate surface area is 134 Å². The van der Waals surface area contributed by atoms with Crippen LogP contribution in [0.2, 0.25) is 0 Å². The molecule has 1 aliphatic heterocycles. The van der Waals surface area contributed by atoms with Crippen LogP contribution in [-0.2, 0) is 14.3 Å². The first-order valence-electron chi connectivity index (χ1n) is 7.33. The number of ether oxygens (including phenoxy) is 1. The third-order valence-corrected chi connectivity index (χ3v) is 3.25. The molecule has 0 aliphatic carbocycles. The van der Waals surface area contributed by atoms with Gasteiger partial charge in [0.2, 0.25) is 5.91 Å². The number of benzene rings is 1. The lowest BCUT2D eigenvalue weighted by Gasteiger charge is -2.35. The maximum absolute atomic E-state index is 12.6. The van der Waals surface area contributed by atoms with E-state index in [1.165, 1.54) is 0 Å². The van der Waals surface area contributed by atoms with E-state index in [0.717, 1.165) is 10.0 Å². The first-order valence-corrected chi connectivity index (χ1v) is 7.33. The van der Waals surface area contributed by atoms with Crippen LogP contribution >= 0.6 is 0 Å². The summed E-state index contributed by atoms with van der Waals surface area (Å²) in [6.07, 6.45) is -0.561. The lowest BCUT2D eigenvalue weighted by molar-refractivity contribution is -0.146. The molecule has 1 aromatic rings. The smallest absolute Gasteiger partial charge is 0.434 e. The minimum atomic E-state index is -1.15. The molecular formula is C16H20N2O5. The average Bonchev–Trinajstić information content (AvgIpc) is 2.81. The number of para-hydroxylation sites is 1. The SMILES string of the molecule is CC(C)(C)OC(=O)N(c1ccccc1)N1C(=O)CCC1C(=O)O. The molecule has 124 valence electrons. The Bertz CT molecular complexity index is 609. The summed E-state index contributed by atoms with van der Waals surface area (Å²) in [5, 5.41) is 11.3. The fourth-order valence-corrected chi connectivity index (χ4v) is 2.34. The Balaban J connectivity index is 2.43. The number of carbonyl (C=O) groups excluding carboxylic acids is 2. The molecule has 1 heterocycles. The Morgan fingerprint density at radius 3 is 2.39 bits per heavy atom. The molecule has 7 nitrogen and oxygen atoms in total. The maximum atomic E-state index is 12.6. The molecule has 0 spiro atoms. The van der Waals surface area contributed by atoms with Crippen molar-refractivity contribution in [2.75, 3.05) is 5.01 Å². The summed E-state index contributed by atoms with van der Waals surface area (Å²) in [5.74, 6) is -1.58. The molecule has 0 radical (unpaired) electrons. The highest BCUT2D eigenvalue weighted by Crippen LogP contribution is 2.28. The molecular weight excluding hydrogens is 300 g/mol. The number of anilines is 1. The molecule has 0 aromatic heterocycles. The van der Waals surface area contributed by atoms with E-state index in [2.05, 4.69) is 0 Å². The molecule has 1 atom stereocenters. The zero-order chi connectivity index (χ0) is 17.2. The fraction of sp³-hybridized carbons (Fsp3) is 0.438. The lowest BCUT2D eigenvalue weighted by atomic mass is 10.2. The van der Waals surface area contributed by atoms with Crippen LogP contribution in [0.15, 0.2) is 30.3 Å². The van der Waals surface area contributed by atoms with Gasteiger partial charge in [0.05, 0.1) is 5.69 Å². The summed E-state index contributed by atoms with van der Waals surface area (Å²) in [6.45, 7) is 5.11.